The third-order valence-electron chi connectivity index (χ3n) is 3.49. The molecule has 2 rings (SSSR count). The molecule has 2 nitrogen and oxygen atoms in total. The largest absolute Gasteiger partial charge is 0.381 e. The summed E-state index contributed by atoms with van der Waals surface area (Å²) in [6.45, 7) is 8.40. The molecule has 1 aromatic rings. The van der Waals surface area contributed by atoms with E-state index < -0.39 is 0 Å². The first-order valence-corrected chi connectivity index (χ1v) is 6.33. The second-order valence-corrected chi connectivity index (χ2v) is 5.18. The Labute approximate surface area is 103 Å². The molecule has 0 spiro atoms. The van der Waals surface area contributed by atoms with Gasteiger partial charge in [0.05, 0.1) is 0 Å². The Bertz CT molecular complexity index is 390. The van der Waals surface area contributed by atoms with Crippen LogP contribution in [-0.4, -0.2) is 30.1 Å². The molecule has 0 bridgehead atoms. The maximum atomic E-state index is 13.4. The molecule has 0 aromatic heterocycles. The van der Waals surface area contributed by atoms with E-state index in [1.807, 2.05) is 12.1 Å². The quantitative estimate of drug-likeness (QED) is 0.867. The monoisotopic (exact) mass is 236 g/mol. The van der Waals surface area contributed by atoms with Crippen LogP contribution in [0.1, 0.15) is 25.8 Å². The van der Waals surface area contributed by atoms with Gasteiger partial charge in [0, 0.05) is 30.9 Å². The normalized spacial score (nSPS) is 21.1. The van der Waals surface area contributed by atoms with Gasteiger partial charge in [0.1, 0.15) is 5.82 Å². The fraction of sp³-hybridized carbons (Fsp3) is 0.571. The van der Waals surface area contributed by atoms with Crippen molar-refractivity contribution in [1.82, 2.24) is 4.90 Å². The lowest BCUT2D eigenvalue weighted by Gasteiger charge is -2.21. The Hall–Kier alpha value is -1.09. The number of benzene rings is 1. The van der Waals surface area contributed by atoms with E-state index in [9.17, 15) is 4.39 Å². The molecular formula is C14H21FN2. The number of anilines is 1. The fourth-order valence-corrected chi connectivity index (χ4v) is 2.29. The SMILES string of the molecule is Cc1ccc(NC2CCN(C(C)C)C2)cc1F. The van der Waals surface area contributed by atoms with Crippen LogP contribution >= 0.6 is 0 Å². The number of aryl methyl sites for hydroxylation is 1. The first-order valence-electron chi connectivity index (χ1n) is 6.33. The van der Waals surface area contributed by atoms with E-state index in [0.717, 1.165) is 25.2 Å². The van der Waals surface area contributed by atoms with Gasteiger partial charge in [0.2, 0.25) is 0 Å². The van der Waals surface area contributed by atoms with Crippen LogP contribution in [0.25, 0.3) is 0 Å². The van der Waals surface area contributed by atoms with Crippen molar-refractivity contribution in [1.29, 1.82) is 0 Å². The van der Waals surface area contributed by atoms with Crippen molar-refractivity contribution < 1.29 is 4.39 Å². The minimum atomic E-state index is -0.131. The van der Waals surface area contributed by atoms with Gasteiger partial charge in [-0.3, -0.25) is 4.90 Å². The summed E-state index contributed by atoms with van der Waals surface area (Å²) < 4.78 is 13.4. The molecule has 1 N–H and O–H groups in total. The smallest absolute Gasteiger partial charge is 0.128 e. The van der Waals surface area contributed by atoms with Gasteiger partial charge >= 0.3 is 0 Å². The molecule has 94 valence electrons. The van der Waals surface area contributed by atoms with Crippen molar-refractivity contribution in [3.05, 3.63) is 29.6 Å². The van der Waals surface area contributed by atoms with Gasteiger partial charge in [0.15, 0.2) is 0 Å². The summed E-state index contributed by atoms with van der Waals surface area (Å²) in [5.41, 5.74) is 1.59. The molecule has 1 fully saturated rings. The lowest BCUT2D eigenvalue weighted by atomic mass is 10.2. The Kier molecular flexibility index (Phi) is 3.67. The maximum Gasteiger partial charge on any atom is 0.128 e. The maximum absolute atomic E-state index is 13.4. The van der Waals surface area contributed by atoms with Crippen molar-refractivity contribution in [2.75, 3.05) is 18.4 Å². The number of hydrogen-bond donors (Lipinski definition) is 1. The molecule has 1 aliphatic heterocycles. The molecule has 1 heterocycles. The fourth-order valence-electron chi connectivity index (χ4n) is 2.29. The number of nitrogens with zero attached hydrogens (tertiary/aromatic N) is 1. The number of hydrogen-bond acceptors (Lipinski definition) is 2. The third-order valence-corrected chi connectivity index (χ3v) is 3.49. The van der Waals surface area contributed by atoms with Crippen molar-refractivity contribution in [3.63, 3.8) is 0 Å². The Morgan fingerprint density at radius 3 is 2.76 bits per heavy atom. The van der Waals surface area contributed by atoms with Crippen LogP contribution in [0.3, 0.4) is 0 Å². The number of halogens is 1. The summed E-state index contributed by atoms with van der Waals surface area (Å²) in [5.74, 6) is -0.131. The van der Waals surface area contributed by atoms with Gasteiger partial charge in [-0.05, 0) is 44.9 Å². The highest BCUT2D eigenvalue weighted by Gasteiger charge is 2.23. The van der Waals surface area contributed by atoms with Crippen LogP contribution in [-0.2, 0) is 0 Å². The highest BCUT2D eigenvalue weighted by atomic mass is 19.1. The van der Waals surface area contributed by atoms with Gasteiger partial charge in [-0.1, -0.05) is 6.07 Å². The molecule has 1 aliphatic rings. The Balaban J connectivity index is 1.96. The molecule has 1 atom stereocenters. The van der Waals surface area contributed by atoms with E-state index in [1.54, 1.807) is 13.0 Å². The summed E-state index contributed by atoms with van der Waals surface area (Å²) in [6.07, 6.45) is 1.13. The predicted octanol–water partition coefficient (Wildman–Crippen LogP) is 3.03. The lowest BCUT2D eigenvalue weighted by molar-refractivity contribution is 0.274. The van der Waals surface area contributed by atoms with Crippen LogP contribution in [0, 0.1) is 12.7 Å². The van der Waals surface area contributed by atoms with Crippen molar-refractivity contribution in [3.8, 4) is 0 Å². The number of likely N-dealkylation sites (tertiary alicyclic amines) is 1. The molecular weight excluding hydrogens is 215 g/mol. The minimum absolute atomic E-state index is 0.131. The van der Waals surface area contributed by atoms with Crippen LogP contribution in [0.5, 0.6) is 0 Å². The zero-order valence-corrected chi connectivity index (χ0v) is 10.8. The predicted molar refractivity (Wildman–Crippen MR) is 69.9 cm³/mol. The van der Waals surface area contributed by atoms with Crippen molar-refractivity contribution in [2.45, 2.75) is 39.3 Å². The van der Waals surface area contributed by atoms with Crippen LogP contribution in [0.2, 0.25) is 0 Å². The minimum Gasteiger partial charge on any atom is -0.381 e. The van der Waals surface area contributed by atoms with E-state index in [1.165, 1.54) is 0 Å². The average Bonchev–Trinajstić information content (AvgIpc) is 2.72. The van der Waals surface area contributed by atoms with Gasteiger partial charge in [0.25, 0.3) is 0 Å². The molecule has 1 aromatic carbocycles. The summed E-state index contributed by atoms with van der Waals surface area (Å²) in [7, 11) is 0. The molecule has 3 heteroatoms. The molecule has 0 aliphatic carbocycles. The first kappa shape index (κ1) is 12.4. The standard InChI is InChI=1S/C14H21FN2/c1-10(2)17-7-6-13(9-17)16-12-5-4-11(3)14(15)8-12/h4-5,8,10,13,16H,6-7,9H2,1-3H3. The Morgan fingerprint density at radius 1 is 1.41 bits per heavy atom. The average molecular weight is 236 g/mol. The lowest BCUT2D eigenvalue weighted by Crippen LogP contribution is -2.31. The van der Waals surface area contributed by atoms with Gasteiger partial charge in [-0.2, -0.15) is 0 Å². The first-order chi connectivity index (χ1) is 8.06. The second kappa shape index (κ2) is 5.05. The summed E-state index contributed by atoms with van der Waals surface area (Å²) in [5, 5.41) is 3.41. The van der Waals surface area contributed by atoms with E-state index in [4.69, 9.17) is 0 Å². The van der Waals surface area contributed by atoms with Gasteiger partial charge < -0.3 is 5.32 Å². The van der Waals surface area contributed by atoms with E-state index in [-0.39, 0.29) is 5.82 Å². The van der Waals surface area contributed by atoms with Gasteiger partial charge in [-0.25, -0.2) is 4.39 Å². The van der Waals surface area contributed by atoms with Crippen LogP contribution in [0.15, 0.2) is 18.2 Å². The summed E-state index contributed by atoms with van der Waals surface area (Å²) in [4.78, 5) is 2.45. The molecule has 1 unspecified atom stereocenters. The molecule has 0 saturated carbocycles. The number of rotatable bonds is 3. The number of nitrogens with one attached hydrogen (secondary N) is 1. The Morgan fingerprint density at radius 2 is 2.18 bits per heavy atom. The van der Waals surface area contributed by atoms with Crippen LogP contribution < -0.4 is 5.32 Å². The zero-order valence-electron chi connectivity index (χ0n) is 10.8. The summed E-state index contributed by atoms with van der Waals surface area (Å²) in [6, 6.07) is 6.41. The highest BCUT2D eigenvalue weighted by Crippen LogP contribution is 2.19. The van der Waals surface area contributed by atoms with E-state index >= 15 is 0 Å². The van der Waals surface area contributed by atoms with Crippen molar-refractivity contribution in [2.24, 2.45) is 0 Å². The summed E-state index contributed by atoms with van der Waals surface area (Å²) >= 11 is 0. The van der Waals surface area contributed by atoms with Crippen LogP contribution in [0.4, 0.5) is 10.1 Å². The van der Waals surface area contributed by atoms with E-state index in [2.05, 4.69) is 24.1 Å². The topological polar surface area (TPSA) is 15.3 Å². The molecule has 17 heavy (non-hydrogen) atoms. The molecule has 0 amide bonds. The third kappa shape index (κ3) is 2.97. The molecule has 1 saturated heterocycles. The second-order valence-electron chi connectivity index (χ2n) is 5.18. The zero-order chi connectivity index (χ0) is 12.4. The molecule has 0 radical (unpaired) electrons. The highest BCUT2D eigenvalue weighted by molar-refractivity contribution is 5.46. The van der Waals surface area contributed by atoms with E-state index in [0.29, 0.717) is 17.6 Å². The van der Waals surface area contributed by atoms with Crippen molar-refractivity contribution >= 4 is 5.69 Å². The van der Waals surface area contributed by atoms with Gasteiger partial charge in [-0.15, -0.1) is 0 Å².